The smallest absolute Gasteiger partial charge is 0.337 e. The summed E-state index contributed by atoms with van der Waals surface area (Å²) in [6.45, 7) is 13.1. The molecule has 324 valence electrons. The number of esters is 7. The van der Waals surface area contributed by atoms with Crippen molar-refractivity contribution in [3.63, 3.8) is 0 Å². The van der Waals surface area contributed by atoms with Crippen LogP contribution in [0, 0.1) is 11.3 Å². The number of benzene rings is 1. The van der Waals surface area contributed by atoms with Crippen LogP contribution in [0.25, 0.3) is 0 Å². The van der Waals surface area contributed by atoms with Gasteiger partial charge in [-0.2, -0.15) is 0 Å². The van der Waals surface area contributed by atoms with Crippen molar-refractivity contribution in [2.24, 2.45) is 11.3 Å². The van der Waals surface area contributed by atoms with Crippen LogP contribution in [0.1, 0.15) is 93.7 Å². The summed E-state index contributed by atoms with van der Waals surface area (Å²) in [6.07, 6.45) is -7.34. The number of likely N-dealkylation sites (N-methyl/N-ethyl adjacent to an activating group) is 1. The average molecular weight is 828 g/mol. The van der Waals surface area contributed by atoms with Crippen molar-refractivity contribution >= 4 is 41.8 Å². The molecule has 0 heterocycles. The summed E-state index contributed by atoms with van der Waals surface area (Å²) in [6, 6.07) is 7.83. The van der Waals surface area contributed by atoms with E-state index < -0.39 is 109 Å². The van der Waals surface area contributed by atoms with Crippen LogP contribution in [0.15, 0.2) is 64.5 Å². The van der Waals surface area contributed by atoms with E-state index in [9.17, 15) is 38.7 Å². The fourth-order valence-corrected chi connectivity index (χ4v) is 7.88. The van der Waals surface area contributed by atoms with E-state index in [-0.39, 0.29) is 23.3 Å². The van der Waals surface area contributed by atoms with Crippen LogP contribution in [-0.4, -0.2) is 109 Å². The topological polar surface area (TPSA) is 208 Å². The van der Waals surface area contributed by atoms with Crippen LogP contribution < -0.4 is 0 Å². The largest absolute Gasteiger partial charge is 0.461 e. The quantitative estimate of drug-likeness (QED) is 0.176. The lowest BCUT2D eigenvalue weighted by atomic mass is 9.60. The van der Waals surface area contributed by atoms with E-state index >= 15 is 0 Å². The summed E-state index contributed by atoms with van der Waals surface area (Å²) in [5.74, 6) is -6.71. The Kier molecular flexibility index (Phi) is 16.7. The molecule has 0 saturated carbocycles. The van der Waals surface area contributed by atoms with Crippen LogP contribution >= 0.6 is 0 Å². The molecule has 1 aromatic carbocycles. The lowest BCUT2D eigenvalue weighted by molar-refractivity contribution is -0.164. The van der Waals surface area contributed by atoms with Crippen LogP contribution in [-0.2, 0) is 66.7 Å². The van der Waals surface area contributed by atoms with Crippen molar-refractivity contribution < 1.29 is 71.8 Å². The van der Waals surface area contributed by atoms with Gasteiger partial charge in [0.1, 0.15) is 31.0 Å². The molecule has 1 N–H and O–H groups in total. The fourth-order valence-electron chi connectivity index (χ4n) is 7.88. The maximum atomic E-state index is 14.2. The third-order valence-corrected chi connectivity index (χ3v) is 10.4. The summed E-state index contributed by atoms with van der Waals surface area (Å²) >= 11 is 0. The summed E-state index contributed by atoms with van der Waals surface area (Å²) in [5.41, 5.74) is 0.338. The normalized spacial score (nSPS) is 26.3. The van der Waals surface area contributed by atoms with Gasteiger partial charge in [0.15, 0.2) is 18.0 Å². The van der Waals surface area contributed by atoms with Gasteiger partial charge >= 0.3 is 41.8 Å². The molecule has 59 heavy (non-hydrogen) atoms. The number of aliphatic hydroxyl groups excluding tert-OH is 1. The molecule has 16 heteroatoms. The molecule has 0 radical (unpaired) electrons. The molecule has 2 aliphatic carbocycles. The number of hydrogen-bond donors (Lipinski definition) is 1. The van der Waals surface area contributed by atoms with Gasteiger partial charge in [0.05, 0.1) is 6.04 Å². The number of ether oxygens (including phenoxy) is 7. The number of carbonyl (C=O) groups excluding carboxylic acids is 7. The van der Waals surface area contributed by atoms with E-state index in [1.165, 1.54) is 26.8 Å². The Balaban J connectivity index is 2.53. The van der Waals surface area contributed by atoms with Crippen molar-refractivity contribution in [2.75, 3.05) is 20.7 Å². The zero-order chi connectivity index (χ0) is 44.5. The van der Waals surface area contributed by atoms with Gasteiger partial charge in [-0.1, -0.05) is 44.2 Å². The van der Waals surface area contributed by atoms with E-state index in [4.69, 9.17) is 33.2 Å². The number of aliphatic hydroxyl groups is 1. The first-order chi connectivity index (χ1) is 27.5. The van der Waals surface area contributed by atoms with Gasteiger partial charge < -0.3 is 38.3 Å². The van der Waals surface area contributed by atoms with Crippen molar-refractivity contribution in [1.29, 1.82) is 0 Å². The Bertz CT molecular complexity index is 1860. The Hall–Kier alpha value is -5.35. The van der Waals surface area contributed by atoms with Crippen LogP contribution in [0.3, 0.4) is 0 Å². The standard InChI is InChI=1S/C43H57NO15/c1-22-33(54-25(4)46)19-32-36(56-27(6)48)18-31(21-53-24(3)45)35(59-42(52)39(51)38(44(11)12)30-16-14-13-15-17-30)20-34(55-26(5)47)23(2)40(57-28(7)49)41(58-29(8)50)37(22)43(32,9)10/h13-18,32-36,38-39,41,51H,19-21H2,1-12H3/b31-18+,40-23-/t32-,33-,34-,35-,36-,38-,39+,41+/m0/s1. The SMILES string of the molecule is CC(=O)OC/C1=C\[C@H](OC(C)=O)[C@@H]2C[C@H](OC(C)=O)C(C)=C([C@@H](OC(C)=O)/C(OC(C)=O)=C(\C)[C@@H](OC(C)=O)C[C@@H]1OC(=O)[C@H](O)[C@H](c1ccccc1)N(C)C)C2(C)C. The van der Waals surface area contributed by atoms with Crippen LogP contribution in [0.5, 0.6) is 0 Å². The molecule has 0 fully saturated rings. The van der Waals surface area contributed by atoms with Gasteiger partial charge in [-0.25, -0.2) is 4.79 Å². The minimum Gasteiger partial charge on any atom is -0.461 e. The van der Waals surface area contributed by atoms with E-state index in [1.807, 2.05) is 0 Å². The molecular formula is C43H57NO15. The fraction of sp³-hybridized carbons (Fsp3) is 0.558. The molecule has 0 unspecified atom stereocenters. The molecule has 1 aromatic rings. The van der Waals surface area contributed by atoms with Crippen LogP contribution in [0.4, 0.5) is 0 Å². The van der Waals surface area contributed by atoms with Crippen LogP contribution in [0.2, 0.25) is 0 Å². The van der Waals surface area contributed by atoms with Gasteiger partial charge in [0.25, 0.3) is 0 Å². The maximum Gasteiger partial charge on any atom is 0.337 e. The molecule has 2 aliphatic rings. The molecule has 0 aromatic heterocycles. The van der Waals surface area contributed by atoms with E-state index in [0.717, 1.165) is 27.7 Å². The number of carbonyl (C=O) groups is 7. The lowest BCUT2D eigenvalue weighted by Crippen LogP contribution is -2.49. The zero-order valence-electron chi connectivity index (χ0n) is 35.8. The number of rotatable bonds is 12. The number of nitrogens with zero attached hydrogens (tertiary/aromatic N) is 1. The van der Waals surface area contributed by atoms with Gasteiger partial charge in [-0.05, 0) is 62.6 Å². The second kappa shape index (κ2) is 20.6. The van der Waals surface area contributed by atoms with Crippen molar-refractivity contribution in [3.05, 3.63) is 70.0 Å². The zero-order valence-corrected chi connectivity index (χ0v) is 35.8. The molecule has 0 saturated heterocycles. The number of hydrogen-bond acceptors (Lipinski definition) is 16. The van der Waals surface area contributed by atoms with E-state index in [1.54, 1.807) is 70.1 Å². The maximum absolute atomic E-state index is 14.2. The lowest BCUT2D eigenvalue weighted by Gasteiger charge is -2.48. The van der Waals surface area contributed by atoms with Crippen molar-refractivity contribution in [1.82, 2.24) is 4.90 Å². The molecule has 0 amide bonds. The van der Waals surface area contributed by atoms with Gasteiger partial charge in [-0.3, -0.25) is 33.7 Å². The minimum atomic E-state index is -1.79. The highest BCUT2D eigenvalue weighted by molar-refractivity contribution is 5.76. The Morgan fingerprint density at radius 1 is 0.712 bits per heavy atom. The van der Waals surface area contributed by atoms with Gasteiger partial charge in [0, 0.05) is 65.0 Å². The first-order valence-electron chi connectivity index (χ1n) is 19.2. The summed E-state index contributed by atoms with van der Waals surface area (Å²) < 4.78 is 41.0. The molecule has 0 aliphatic heterocycles. The Morgan fingerprint density at radius 3 is 1.75 bits per heavy atom. The highest BCUT2D eigenvalue weighted by Crippen LogP contribution is 2.52. The predicted octanol–water partition coefficient (Wildman–Crippen LogP) is 4.38. The highest BCUT2D eigenvalue weighted by atomic mass is 16.6. The average Bonchev–Trinajstić information content (AvgIpc) is 3.10. The summed E-state index contributed by atoms with van der Waals surface area (Å²) in [7, 11) is 3.33. The molecule has 0 spiro atoms. The Labute approximate surface area is 344 Å². The van der Waals surface area contributed by atoms with E-state index in [2.05, 4.69) is 0 Å². The summed E-state index contributed by atoms with van der Waals surface area (Å²) in [5, 5.41) is 11.6. The summed E-state index contributed by atoms with van der Waals surface area (Å²) in [4.78, 5) is 92.3. The Morgan fingerprint density at radius 2 is 1.25 bits per heavy atom. The first kappa shape index (κ1) is 48.0. The monoisotopic (exact) mass is 827 g/mol. The number of fused-ring (bicyclic) bond motifs is 2. The second-order valence-electron chi connectivity index (χ2n) is 15.5. The molecule has 2 bridgehead atoms. The minimum absolute atomic E-state index is 0.0520. The van der Waals surface area contributed by atoms with Gasteiger partial charge in [-0.15, -0.1) is 0 Å². The second-order valence-corrected chi connectivity index (χ2v) is 15.5. The third kappa shape index (κ3) is 12.6. The van der Waals surface area contributed by atoms with E-state index in [0.29, 0.717) is 16.7 Å². The predicted molar refractivity (Wildman–Crippen MR) is 209 cm³/mol. The van der Waals surface area contributed by atoms with Gasteiger partial charge in [0.2, 0.25) is 0 Å². The van der Waals surface area contributed by atoms with Crippen molar-refractivity contribution in [2.45, 2.75) is 125 Å². The highest BCUT2D eigenvalue weighted by Gasteiger charge is 2.52. The molecule has 3 rings (SSSR count). The molecule has 8 atom stereocenters. The van der Waals surface area contributed by atoms with Crippen molar-refractivity contribution in [3.8, 4) is 0 Å². The third-order valence-electron chi connectivity index (χ3n) is 10.4. The molecule has 16 nitrogen and oxygen atoms in total. The first-order valence-corrected chi connectivity index (χ1v) is 19.2. The molecular weight excluding hydrogens is 770 g/mol.